The molecule has 1 rings (SSSR count). The maximum atomic E-state index is 11.0. The molecule has 0 bridgehead atoms. The third-order valence-electron chi connectivity index (χ3n) is 1.98. The Hall–Kier alpha value is -1.22. The van der Waals surface area contributed by atoms with E-state index in [1.807, 2.05) is 0 Å². The zero-order chi connectivity index (χ0) is 13.3. The van der Waals surface area contributed by atoms with Gasteiger partial charge < -0.3 is 0 Å². The van der Waals surface area contributed by atoms with Gasteiger partial charge >= 0.3 is 20.2 Å². The molecule has 2 N–H and O–H groups in total. The molecule has 0 aliphatic rings. The minimum atomic E-state index is -5.03. The molecule has 0 spiro atoms. The van der Waals surface area contributed by atoms with Crippen LogP contribution in [0.25, 0.3) is 5.57 Å². The minimum absolute atomic E-state index is 0.254. The molecule has 0 heterocycles. The monoisotopic (exact) mass is 278 g/mol. The van der Waals surface area contributed by atoms with Crippen LogP contribution >= 0.6 is 0 Å². The maximum Gasteiger partial charge on any atom is 0.308 e. The van der Waals surface area contributed by atoms with Crippen molar-refractivity contribution in [3.63, 3.8) is 0 Å². The van der Waals surface area contributed by atoms with E-state index in [0.29, 0.717) is 0 Å². The SMILES string of the molecule is CC(=C(S(=O)(=O)O)S(=O)(=O)O)c1ccccc1. The van der Waals surface area contributed by atoms with Crippen molar-refractivity contribution in [1.29, 1.82) is 0 Å². The van der Waals surface area contributed by atoms with Gasteiger partial charge in [-0.3, -0.25) is 9.11 Å². The normalized spacial score (nSPS) is 12.2. The third kappa shape index (κ3) is 3.37. The highest BCUT2D eigenvalue weighted by Crippen LogP contribution is 2.24. The highest BCUT2D eigenvalue weighted by molar-refractivity contribution is 8.09. The Morgan fingerprint density at radius 1 is 0.941 bits per heavy atom. The summed E-state index contributed by atoms with van der Waals surface area (Å²) in [6, 6.07) is 7.67. The highest BCUT2D eigenvalue weighted by Gasteiger charge is 2.30. The summed E-state index contributed by atoms with van der Waals surface area (Å²) >= 11 is 0. The molecular weight excluding hydrogens is 268 g/mol. The maximum absolute atomic E-state index is 11.0. The summed E-state index contributed by atoms with van der Waals surface area (Å²) < 4.78 is 60.0. The van der Waals surface area contributed by atoms with Crippen molar-refractivity contribution in [2.24, 2.45) is 0 Å². The van der Waals surface area contributed by atoms with E-state index in [9.17, 15) is 16.8 Å². The van der Waals surface area contributed by atoms with Gasteiger partial charge in [0, 0.05) is 0 Å². The molecule has 0 aliphatic heterocycles. The van der Waals surface area contributed by atoms with Crippen molar-refractivity contribution in [1.82, 2.24) is 0 Å². The fourth-order valence-corrected chi connectivity index (χ4v) is 3.40. The van der Waals surface area contributed by atoms with Crippen LogP contribution in [0.1, 0.15) is 12.5 Å². The molecule has 0 aliphatic carbocycles. The van der Waals surface area contributed by atoms with Gasteiger partial charge in [-0.1, -0.05) is 30.3 Å². The number of benzene rings is 1. The summed E-state index contributed by atoms with van der Waals surface area (Å²) in [6.45, 7) is 1.17. The fourth-order valence-electron chi connectivity index (χ4n) is 1.33. The van der Waals surface area contributed by atoms with E-state index in [1.165, 1.54) is 19.1 Å². The van der Waals surface area contributed by atoms with Gasteiger partial charge in [-0.2, -0.15) is 16.8 Å². The number of allylic oxidation sites excluding steroid dienone is 1. The molecule has 0 unspecified atom stereocenters. The molecule has 0 aromatic heterocycles. The lowest BCUT2D eigenvalue weighted by Crippen LogP contribution is -2.14. The average Bonchev–Trinajstić information content (AvgIpc) is 2.14. The van der Waals surface area contributed by atoms with Gasteiger partial charge in [0.1, 0.15) is 0 Å². The Labute approximate surface area is 99.1 Å². The zero-order valence-electron chi connectivity index (χ0n) is 8.73. The standard InChI is InChI=1S/C9H10O6S2/c1-7(8-5-3-2-4-6-8)9(16(10,11)12)17(13,14)15/h2-6H,1H3,(H,10,11,12)(H,13,14,15). The van der Waals surface area contributed by atoms with Crippen LogP contribution in [-0.2, 0) is 20.2 Å². The molecular formula is C9H10O6S2. The van der Waals surface area contributed by atoms with Crippen LogP contribution in [0.15, 0.2) is 34.6 Å². The first kappa shape index (κ1) is 13.8. The van der Waals surface area contributed by atoms with Gasteiger partial charge in [0.25, 0.3) is 0 Å². The zero-order valence-corrected chi connectivity index (χ0v) is 10.4. The first-order chi connectivity index (χ1) is 7.64. The minimum Gasteiger partial charge on any atom is -0.281 e. The van der Waals surface area contributed by atoms with Crippen LogP contribution in [0.5, 0.6) is 0 Å². The highest BCUT2D eigenvalue weighted by atomic mass is 32.3. The van der Waals surface area contributed by atoms with Crippen LogP contribution in [0.3, 0.4) is 0 Å². The van der Waals surface area contributed by atoms with E-state index in [2.05, 4.69) is 0 Å². The second kappa shape index (κ2) is 4.57. The van der Waals surface area contributed by atoms with Crippen LogP contribution < -0.4 is 0 Å². The van der Waals surface area contributed by atoms with E-state index in [0.717, 1.165) is 0 Å². The predicted octanol–water partition coefficient (Wildman–Crippen LogP) is 1.15. The second-order valence-electron chi connectivity index (χ2n) is 3.23. The van der Waals surface area contributed by atoms with Gasteiger partial charge in [0.05, 0.1) is 0 Å². The summed E-state index contributed by atoms with van der Waals surface area (Å²) in [5.74, 6) is 0. The van der Waals surface area contributed by atoms with Gasteiger partial charge in [0.15, 0.2) is 0 Å². The van der Waals surface area contributed by atoms with E-state index < -0.39 is 24.5 Å². The molecule has 0 saturated heterocycles. The number of hydrogen-bond donors (Lipinski definition) is 2. The molecule has 1 aromatic carbocycles. The lowest BCUT2D eigenvalue weighted by Gasteiger charge is -2.06. The van der Waals surface area contributed by atoms with Crippen molar-refractivity contribution in [2.75, 3.05) is 0 Å². The Kier molecular flexibility index (Phi) is 3.72. The number of rotatable bonds is 3. The fraction of sp³-hybridized carbons (Fsp3) is 0.111. The Morgan fingerprint density at radius 2 is 1.35 bits per heavy atom. The third-order valence-corrected chi connectivity index (χ3v) is 4.79. The van der Waals surface area contributed by atoms with Crippen molar-refractivity contribution < 1.29 is 25.9 Å². The summed E-state index contributed by atoms with van der Waals surface area (Å²) in [7, 11) is -10.1. The predicted molar refractivity (Wildman–Crippen MR) is 62.1 cm³/mol. The molecule has 0 amide bonds. The molecule has 0 saturated carbocycles. The molecule has 0 fully saturated rings. The van der Waals surface area contributed by atoms with Crippen LogP contribution in [0.2, 0.25) is 0 Å². The summed E-state index contributed by atoms with van der Waals surface area (Å²) in [4.78, 5) is 0. The molecule has 17 heavy (non-hydrogen) atoms. The van der Waals surface area contributed by atoms with Gasteiger partial charge in [-0.25, -0.2) is 0 Å². The lowest BCUT2D eigenvalue weighted by atomic mass is 10.1. The largest absolute Gasteiger partial charge is 0.308 e. The average molecular weight is 278 g/mol. The summed E-state index contributed by atoms with van der Waals surface area (Å²) in [5, 5.41) is 0. The van der Waals surface area contributed by atoms with Gasteiger partial charge in [0.2, 0.25) is 4.24 Å². The summed E-state index contributed by atoms with van der Waals surface area (Å²) in [5.41, 5.74) is 0.00773. The Balaban J connectivity index is 3.65. The topological polar surface area (TPSA) is 109 Å². The van der Waals surface area contributed by atoms with Crippen molar-refractivity contribution in [3.8, 4) is 0 Å². The van der Waals surface area contributed by atoms with Crippen molar-refractivity contribution in [3.05, 3.63) is 40.1 Å². The van der Waals surface area contributed by atoms with Crippen LogP contribution in [0, 0.1) is 0 Å². The molecule has 1 aromatic rings. The van der Waals surface area contributed by atoms with E-state index in [-0.39, 0.29) is 11.1 Å². The van der Waals surface area contributed by atoms with Crippen LogP contribution in [0.4, 0.5) is 0 Å². The molecule has 94 valence electrons. The van der Waals surface area contributed by atoms with E-state index in [1.54, 1.807) is 18.2 Å². The number of hydrogen-bond acceptors (Lipinski definition) is 4. The lowest BCUT2D eigenvalue weighted by molar-refractivity contribution is 0.480. The molecule has 0 radical (unpaired) electrons. The first-order valence-corrected chi connectivity index (χ1v) is 7.23. The van der Waals surface area contributed by atoms with Gasteiger partial charge in [-0.15, -0.1) is 0 Å². The molecule has 6 nitrogen and oxygen atoms in total. The summed E-state index contributed by atoms with van der Waals surface area (Å²) in [6.07, 6.45) is 0. The first-order valence-electron chi connectivity index (χ1n) is 4.35. The Morgan fingerprint density at radius 3 is 1.71 bits per heavy atom. The van der Waals surface area contributed by atoms with E-state index >= 15 is 0 Å². The smallest absolute Gasteiger partial charge is 0.281 e. The van der Waals surface area contributed by atoms with Crippen molar-refractivity contribution in [2.45, 2.75) is 6.92 Å². The van der Waals surface area contributed by atoms with Crippen molar-refractivity contribution >= 4 is 25.8 Å². The molecule has 8 heteroatoms. The van der Waals surface area contributed by atoms with Gasteiger partial charge in [-0.05, 0) is 18.1 Å². The van der Waals surface area contributed by atoms with E-state index in [4.69, 9.17) is 9.11 Å². The quantitative estimate of drug-likeness (QED) is 0.803. The van der Waals surface area contributed by atoms with Crippen LogP contribution in [-0.4, -0.2) is 25.9 Å². The molecule has 0 atom stereocenters. The Bertz CT molecular complexity index is 606. The second-order valence-corrected chi connectivity index (χ2v) is 6.20.